The van der Waals surface area contributed by atoms with Crippen LogP contribution in [-0.2, 0) is 19.6 Å². The Labute approximate surface area is 190 Å². The van der Waals surface area contributed by atoms with Crippen LogP contribution in [-0.4, -0.2) is 39.9 Å². The summed E-state index contributed by atoms with van der Waals surface area (Å²) < 4.78 is 27.9. The summed E-state index contributed by atoms with van der Waals surface area (Å²) in [5, 5.41) is 7.50. The summed E-state index contributed by atoms with van der Waals surface area (Å²) in [6, 6.07) is 20.4. The molecule has 0 radical (unpaired) electrons. The first-order chi connectivity index (χ1) is 15.7. The Morgan fingerprint density at radius 2 is 1.55 bits per heavy atom. The summed E-state index contributed by atoms with van der Waals surface area (Å²) >= 11 is 0. The fourth-order valence-corrected chi connectivity index (χ4v) is 3.51. The summed E-state index contributed by atoms with van der Waals surface area (Å²) in [6.45, 7) is -0.643. The lowest BCUT2D eigenvalue weighted by molar-refractivity contribution is -0.119. The summed E-state index contributed by atoms with van der Waals surface area (Å²) in [4.78, 5) is 38.9. The number of esters is 1. The van der Waals surface area contributed by atoms with E-state index in [2.05, 4.69) is 5.32 Å². The van der Waals surface area contributed by atoms with Crippen LogP contribution in [0.15, 0.2) is 83.8 Å². The highest BCUT2D eigenvalue weighted by Crippen LogP contribution is 2.18. The molecule has 0 aliphatic heterocycles. The fourth-order valence-electron chi connectivity index (χ4n) is 2.95. The van der Waals surface area contributed by atoms with Crippen LogP contribution in [0.4, 0.5) is 11.4 Å². The number of nitrogens with zero attached hydrogens (tertiary/aromatic N) is 1. The summed E-state index contributed by atoms with van der Waals surface area (Å²) in [5.74, 6) is -1.97. The molecule has 0 aromatic heterocycles. The van der Waals surface area contributed by atoms with Crippen molar-refractivity contribution in [3.05, 3.63) is 90.0 Å². The summed E-state index contributed by atoms with van der Waals surface area (Å²) in [6.07, 6.45) is 0. The van der Waals surface area contributed by atoms with Crippen molar-refractivity contribution in [2.75, 3.05) is 23.9 Å². The van der Waals surface area contributed by atoms with E-state index in [4.69, 9.17) is 9.88 Å². The zero-order chi connectivity index (χ0) is 24.0. The van der Waals surface area contributed by atoms with E-state index in [1.165, 1.54) is 41.3 Å². The number of nitrogens with one attached hydrogen (secondary N) is 1. The van der Waals surface area contributed by atoms with Crippen LogP contribution in [0, 0.1) is 0 Å². The molecular weight excluding hydrogens is 446 g/mol. The largest absolute Gasteiger partial charge is 0.452 e. The zero-order valence-corrected chi connectivity index (χ0v) is 18.4. The van der Waals surface area contributed by atoms with Gasteiger partial charge in [0.15, 0.2) is 6.61 Å². The summed E-state index contributed by atoms with van der Waals surface area (Å²) in [5.41, 5.74) is 0.943. The van der Waals surface area contributed by atoms with Gasteiger partial charge in [0.25, 0.3) is 11.8 Å². The number of para-hydroxylation sites is 1. The minimum Gasteiger partial charge on any atom is -0.452 e. The monoisotopic (exact) mass is 467 g/mol. The maximum atomic E-state index is 12.9. The number of anilines is 2. The normalized spacial score (nSPS) is 10.8. The quantitative estimate of drug-likeness (QED) is 0.512. The lowest BCUT2D eigenvalue weighted by Crippen LogP contribution is -2.28. The smallest absolute Gasteiger partial charge is 0.339 e. The lowest BCUT2D eigenvalue weighted by Gasteiger charge is -2.18. The Morgan fingerprint density at radius 1 is 0.909 bits per heavy atom. The second kappa shape index (κ2) is 10.1. The molecule has 33 heavy (non-hydrogen) atoms. The van der Waals surface area contributed by atoms with E-state index in [9.17, 15) is 22.8 Å². The molecule has 0 atom stereocenters. The molecule has 170 valence electrons. The minimum absolute atomic E-state index is 0.00861. The molecule has 0 saturated heterocycles. The van der Waals surface area contributed by atoms with Crippen LogP contribution in [0.2, 0.25) is 0 Å². The standard InChI is InChI=1S/C23H21N3O6S/c1-26(17-9-3-2-4-10-17)22(28)19-12-5-6-13-20(19)23(29)32-15-21(27)25-16-8-7-11-18(14-16)33(24,30)31/h2-14H,15H2,1H3,(H,25,27)(H2,24,30,31). The highest BCUT2D eigenvalue weighted by molar-refractivity contribution is 7.89. The molecule has 3 rings (SSSR count). The molecule has 3 N–H and O–H groups in total. The Bertz CT molecular complexity index is 1290. The van der Waals surface area contributed by atoms with Crippen molar-refractivity contribution in [1.82, 2.24) is 0 Å². The van der Waals surface area contributed by atoms with Crippen molar-refractivity contribution in [2.45, 2.75) is 4.90 Å². The molecular formula is C23H21N3O6S. The second-order valence-corrected chi connectivity index (χ2v) is 8.50. The predicted molar refractivity (Wildman–Crippen MR) is 122 cm³/mol. The molecule has 0 spiro atoms. The maximum Gasteiger partial charge on any atom is 0.339 e. The van der Waals surface area contributed by atoms with Gasteiger partial charge in [-0.2, -0.15) is 0 Å². The van der Waals surface area contributed by atoms with E-state index in [0.29, 0.717) is 5.69 Å². The average Bonchev–Trinajstić information content (AvgIpc) is 2.82. The van der Waals surface area contributed by atoms with Crippen molar-refractivity contribution in [1.29, 1.82) is 0 Å². The van der Waals surface area contributed by atoms with Crippen molar-refractivity contribution in [3.8, 4) is 0 Å². The van der Waals surface area contributed by atoms with Crippen molar-refractivity contribution >= 4 is 39.2 Å². The van der Waals surface area contributed by atoms with Gasteiger partial charge in [-0.1, -0.05) is 36.4 Å². The van der Waals surface area contributed by atoms with Gasteiger partial charge in [-0.05, 0) is 42.5 Å². The third kappa shape index (κ3) is 6.03. The Kier molecular flexibility index (Phi) is 7.21. The number of benzene rings is 3. The molecule has 0 saturated carbocycles. The zero-order valence-electron chi connectivity index (χ0n) is 17.6. The molecule has 3 aromatic rings. The molecule has 0 unspecified atom stereocenters. The number of amides is 2. The van der Waals surface area contributed by atoms with Gasteiger partial charge in [0.05, 0.1) is 16.0 Å². The van der Waals surface area contributed by atoms with Gasteiger partial charge in [0.2, 0.25) is 10.0 Å². The Morgan fingerprint density at radius 3 is 2.21 bits per heavy atom. The second-order valence-electron chi connectivity index (χ2n) is 6.94. The number of nitrogens with two attached hydrogens (primary N) is 1. The number of hydrogen-bond acceptors (Lipinski definition) is 6. The van der Waals surface area contributed by atoms with Gasteiger partial charge >= 0.3 is 5.97 Å². The number of sulfonamides is 1. The molecule has 9 nitrogen and oxygen atoms in total. The van der Waals surface area contributed by atoms with Crippen molar-refractivity contribution < 1.29 is 27.5 Å². The van der Waals surface area contributed by atoms with Crippen LogP contribution < -0.4 is 15.4 Å². The number of primary sulfonamides is 1. The van der Waals surface area contributed by atoms with Gasteiger partial charge < -0.3 is 15.0 Å². The third-order valence-electron chi connectivity index (χ3n) is 4.61. The van der Waals surface area contributed by atoms with E-state index in [1.807, 2.05) is 6.07 Å². The Hall–Kier alpha value is -4.02. The van der Waals surface area contributed by atoms with Crippen LogP contribution in [0.5, 0.6) is 0 Å². The average molecular weight is 468 g/mol. The van der Waals surface area contributed by atoms with E-state index in [1.54, 1.807) is 43.4 Å². The van der Waals surface area contributed by atoms with Crippen LogP contribution in [0.25, 0.3) is 0 Å². The van der Waals surface area contributed by atoms with E-state index in [0.717, 1.165) is 0 Å². The molecule has 0 bridgehead atoms. The first kappa shape index (κ1) is 23.6. The Balaban J connectivity index is 1.68. The highest BCUT2D eigenvalue weighted by atomic mass is 32.2. The summed E-state index contributed by atoms with van der Waals surface area (Å²) in [7, 11) is -2.35. The number of carbonyl (C=O) groups is 3. The van der Waals surface area contributed by atoms with E-state index < -0.39 is 34.4 Å². The van der Waals surface area contributed by atoms with Gasteiger partial charge in [0, 0.05) is 18.4 Å². The number of rotatable bonds is 7. The molecule has 0 heterocycles. The van der Waals surface area contributed by atoms with E-state index >= 15 is 0 Å². The van der Waals surface area contributed by atoms with Crippen molar-refractivity contribution in [3.63, 3.8) is 0 Å². The van der Waals surface area contributed by atoms with Crippen molar-refractivity contribution in [2.24, 2.45) is 5.14 Å². The highest BCUT2D eigenvalue weighted by Gasteiger charge is 2.22. The number of carbonyl (C=O) groups excluding carboxylic acids is 3. The van der Waals surface area contributed by atoms with Crippen LogP contribution in [0.1, 0.15) is 20.7 Å². The van der Waals surface area contributed by atoms with E-state index in [-0.39, 0.29) is 21.7 Å². The predicted octanol–water partition coefficient (Wildman–Crippen LogP) is 2.41. The molecule has 0 aliphatic carbocycles. The minimum atomic E-state index is -3.94. The molecule has 0 aliphatic rings. The van der Waals surface area contributed by atoms with Gasteiger partial charge in [0.1, 0.15) is 0 Å². The molecule has 3 aromatic carbocycles. The number of ether oxygens (including phenoxy) is 1. The van der Waals surface area contributed by atoms with Gasteiger partial charge in [-0.15, -0.1) is 0 Å². The molecule has 10 heteroatoms. The first-order valence-corrected chi connectivity index (χ1v) is 11.2. The fraction of sp³-hybridized carbons (Fsp3) is 0.0870. The molecule has 0 fully saturated rings. The maximum absolute atomic E-state index is 12.9. The first-order valence-electron chi connectivity index (χ1n) is 9.69. The van der Waals surface area contributed by atoms with Crippen LogP contribution >= 0.6 is 0 Å². The van der Waals surface area contributed by atoms with Gasteiger partial charge in [-0.25, -0.2) is 18.4 Å². The SMILES string of the molecule is CN(C(=O)c1ccccc1C(=O)OCC(=O)Nc1cccc(S(N)(=O)=O)c1)c1ccccc1. The van der Waals surface area contributed by atoms with Gasteiger partial charge in [-0.3, -0.25) is 9.59 Å². The number of hydrogen-bond donors (Lipinski definition) is 2. The van der Waals surface area contributed by atoms with Crippen LogP contribution in [0.3, 0.4) is 0 Å². The third-order valence-corrected chi connectivity index (χ3v) is 5.52. The lowest BCUT2D eigenvalue weighted by atomic mass is 10.1. The molecule has 2 amide bonds. The topological polar surface area (TPSA) is 136 Å².